The van der Waals surface area contributed by atoms with Gasteiger partial charge in [0.05, 0.1) is 5.69 Å². The zero-order valence-corrected chi connectivity index (χ0v) is 17.6. The van der Waals surface area contributed by atoms with Gasteiger partial charge in [-0.3, -0.25) is 24.8 Å². The van der Waals surface area contributed by atoms with Gasteiger partial charge in [0.15, 0.2) is 0 Å². The van der Waals surface area contributed by atoms with Crippen LogP contribution in [0.3, 0.4) is 0 Å². The fourth-order valence-corrected chi connectivity index (χ4v) is 3.26. The van der Waals surface area contributed by atoms with E-state index in [1.807, 2.05) is 13.8 Å². The third-order valence-electron chi connectivity index (χ3n) is 5.04. The van der Waals surface area contributed by atoms with E-state index in [1.165, 1.54) is 5.01 Å². The molecular formula is C22H22N6O4. The molecule has 1 atom stereocenters. The van der Waals surface area contributed by atoms with Crippen LogP contribution in [0, 0.1) is 5.92 Å². The molecule has 1 unspecified atom stereocenters. The molecule has 3 amide bonds. The molecular weight excluding hydrogens is 412 g/mol. The zero-order chi connectivity index (χ0) is 22.7. The lowest BCUT2D eigenvalue weighted by atomic mass is 10.0. The highest BCUT2D eigenvalue weighted by molar-refractivity contribution is 6.01. The van der Waals surface area contributed by atoms with Crippen molar-refractivity contribution in [2.45, 2.75) is 32.7 Å². The van der Waals surface area contributed by atoms with E-state index < -0.39 is 6.04 Å². The maximum Gasteiger partial charge on any atom is 0.251 e. The van der Waals surface area contributed by atoms with Crippen molar-refractivity contribution in [1.29, 1.82) is 0 Å². The quantitative estimate of drug-likeness (QED) is 0.609. The van der Waals surface area contributed by atoms with Crippen LogP contribution in [0.4, 0.5) is 5.69 Å². The fourth-order valence-electron chi connectivity index (χ4n) is 3.26. The number of benzene rings is 1. The van der Waals surface area contributed by atoms with Crippen molar-refractivity contribution in [2.75, 3.05) is 5.01 Å². The van der Waals surface area contributed by atoms with Crippen LogP contribution >= 0.6 is 0 Å². The molecule has 2 N–H and O–H groups in total. The van der Waals surface area contributed by atoms with Crippen molar-refractivity contribution < 1.29 is 18.9 Å². The Labute approximate surface area is 184 Å². The molecule has 164 valence electrons. The summed E-state index contributed by atoms with van der Waals surface area (Å²) in [5, 5.41) is 8.14. The lowest BCUT2D eigenvalue weighted by molar-refractivity contribution is -0.130. The van der Waals surface area contributed by atoms with E-state index in [2.05, 4.69) is 25.9 Å². The molecule has 1 fully saturated rings. The van der Waals surface area contributed by atoms with Gasteiger partial charge in [-0.25, -0.2) is 5.01 Å². The smallest absolute Gasteiger partial charge is 0.251 e. The highest BCUT2D eigenvalue weighted by Crippen LogP contribution is 2.24. The van der Waals surface area contributed by atoms with Crippen molar-refractivity contribution in [3.05, 3.63) is 60.2 Å². The van der Waals surface area contributed by atoms with E-state index >= 15 is 0 Å². The predicted molar refractivity (Wildman–Crippen MR) is 114 cm³/mol. The van der Waals surface area contributed by atoms with E-state index in [9.17, 15) is 14.4 Å². The Kier molecular flexibility index (Phi) is 5.93. The molecule has 10 nitrogen and oxygen atoms in total. The summed E-state index contributed by atoms with van der Waals surface area (Å²) in [6.45, 7) is 3.88. The fraction of sp³-hybridized carbons (Fsp3) is 0.273. The summed E-state index contributed by atoms with van der Waals surface area (Å²) >= 11 is 0. The summed E-state index contributed by atoms with van der Waals surface area (Å²) in [5.74, 6) is -0.0451. The summed E-state index contributed by atoms with van der Waals surface area (Å²) in [6, 6.07) is 9.45. The average molecular weight is 434 g/mol. The first-order chi connectivity index (χ1) is 15.4. The van der Waals surface area contributed by atoms with Gasteiger partial charge in [-0.05, 0) is 42.3 Å². The van der Waals surface area contributed by atoms with Crippen LogP contribution in [0.2, 0.25) is 0 Å². The van der Waals surface area contributed by atoms with Gasteiger partial charge in [0.2, 0.25) is 23.5 Å². The van der Waals surface area contributed by atoms with Gasteiger partial charge in [0, 0.05) is 36.4 Å². The number of hydrogen-bond acceptors (Lipinski definition) is 7. The average Bonchev–Trinajstić information content (AvgIpc) is 3.29. The molecule has 0 radical (unpaired) electrons. The van der Waals surface area contributed by atoms with E-state index in [0.29, 0.717) is 23.0 Å². The molecule has 0 aliphatic carbocycles. The van der Waals surface area contributed by atoms with Crippen LogP contribution < -0.4 is 15.8 Å². The monoisotopic (exact) mass is 434 g/mol. The van der Waals surface area contributed by atoms with Gasteiger partial charge in [0.25, 0.3) is 5.91 Å². The largest absolute Gasteiger partial charge is 0.340 e. The lowest BCUT2D eigenvalue weighted by Gasteiger charge is -2.27. The first-order valence-electron chi connectivity index (χ1n) is 10.2. The standard InChI is InChI=1S/C22H22N6O4/c1-13(2)19(22-25-20(27-32-22)14-9-11-23-12-10-14)24-21(31)15-3-5-16(6-4-15)28-18(30)8-7-17(29)26-28/h3-6,9-13,19H,7-8H2,1-2H3,(H,24,31)(H,26,29). The molecule has 3 aromatic rings. The van der Waals surface area contributed by atoms with Gasteiger partial charge in [-0.2, -0.15) is 4.98 Å². The second-order valence-corrected chi connectivity index (χ2v) is 7.70. The van der Waals surface area contributed by atoms with Gasteiger partial charge in [-0.15, -0.1) is 0 Å². The normalized spacial score (nSPS) is 14.9. The third kappa shape index (κ3) is 4.48. The van der Waals surface area contributed by atoms with Crippen molar-refractivity contribution in [2.24, 2.45) is 5.92 Å². The molecule has 0 saturated carbocycles. The van der Waals surface area contributed by atoms with Crippen molar-refractivity contribution in [1.82, 2.24) is 25.9 Å². The number of nitrogens with one attached hydrogen (secondary N) is 2. The topological polar surface area (TPSA) is 130 Å². The minimum Gasteiger partial charge on any atom is -0.340 e. The number of nitrogens with zero attached hydrogens (tertiary/aromatic N) is 4. The Bertz CT molecular complexity index is 1130. The van der Waals surface area contributed by atoms with Gasteiger partial charge < -0.3 is 9.84 Å². The van der Waals surface area contributed by atoms with Crippen LogP contribution in [0.15, 0.2) is 53.3 Å². The molecule has 0 bridgehead atoms. The summed E-state index contributed by atoms with van der Waals surface area (Å²) in [6.07, 6.45) is 3.60. The number of amides is 3. The third-order valence-corrected chi connectivity index (χ3v) is 5.04. The Balaban J connectivity index is 1.48. The molecule has 10 heteroatoms. The van der Waals surface area contributed by atoms with Crippen molar-refractivity contribution >= 4 is 23.4 Å². The van der Waals surface area contributed by atoms with E-state index in [1.54, 1.807) is 48.8 Å². The summed E-state index contributed by atoms with van der Waals surface area (Å²) in [5.41, 5.74) is 4.17. The van der Waals surface area contributed by atoms with E-state index in [4.69, 9.17) is 4.52 Å². The Morgan fingerprint density at radius 2 is 1.81 bits per heavy atom. The summed E-state index contributed by atoms with van der Waals surface area (Å²) < 4.78 is 5.42. The molecule has 0 spiro atoms. The molecule has 1 aromatic carbocycles. The molecule has 1 saturated heterocycles. The SMILES string of the molecule is CC(C)C(NC(=O)c1ccc(N2NC(=O)CCC2=O)cc1)c1nc(-c2ccncc2)no1. The number of carbonyl (C=O) groups is 3. The summed E-state index contributed by atoms with van der Waals surface area (Å²) in [4.78, 5) is 44.9. The number of hydrazine groups is 1. The molecule has 1 aliphatic rings. The minimum atomic E-state index is -0.492. The molecule has 1 aliphatic heterocycles. The molecule has 3 heterocycles. The van der Waals surface area contributed by atoms with Gasteiger partial charge >= 0.3 is 0 Å². The summed E-state index contributed by atoms with van der Waals surface area (Å²) in [7, 11) is 0. The second-order valence-electron chi connectivity index (χ2n) is 7.70. The van der Waals surface area contributed by atoms with E-state index in [0.717, 1.165) is 5.56 Å². The second kappa shape index (κ2) is 8.96. The van der Waals surface area contributed by atoms with Crippen LogP contribution in [0.5, 0.6) is 0 Å². The van der Waals surface area contributed by atoms with E-state index in [-0.39, 0.29) is 36.5 Å². The first kappa shape index (κ1) is 21.2. The number of aromatic nitrogens is 3. The van der Waals surface area contributed by atoms with Crippen molar-refractivity contribution in [3.8, 4) is 11.4 Å². The molecule has 32 heavy (non-hydrogen) atoms. The number of carbonyl (C=O) groups excluding carboxylic acids is 3. The number of rotatable bonds is 6. The number of hydrogen-bond donors (Lipinski definition) is 2. The number of pyridine rings is 1. The van der Waals surface area contributed by atoms with Crippen LogP contribution in [0.25, 0.3) is 11.4 Å². The Morgan fingerprint density at radius 3 is 2.50 bits per heavy atom. The highest BCUT2D eigenvalue weighted by atomic mass is 16.5. The maximum absolute atomic E-state index is 12.9. The maximum atomic E-state index is 12.9. The zero-order valence-electron chi connectivity index (χ0n) is 17.6. The Morgan fingerprint density at radius 1 is 1.09 bits per heavy atom. The molecule has 4 rings (SSSR count). The number of anilines is 1. The van der Waals surface area contributed by atoms with Crippen LogP contribution in [-0.4, -0.2) is 32.8 Å². The van der Waals surface area contributed by atoms with Crippen molar-refractivity contribution in [3.63, 3.8) is 0 Å². The Hall–Kier alpha value is -4.08. The highest BCUT2D eigenvalue weighted by Gasteiger charge is 2.27. The molecule has 2 aromatic heterocycles. The minimum absolute atomic E-state index is 0.00912. The lowest BCUT2D eigenvalue weighted by Crippen LogP contribution is -2.50. The van der Waals surface area contributed by atoms with Gasteiger partial charge in [-0.1, -0.05) is 19.0 Å². The predicted octanol–water partition coefficient (Wildman–Crippen LogP) is 2.42. The van der Waals surface area contributed by atoms with Crippen LogP contribution in [-0.2, 0) is 9.59 Å². The van der Waals surface area contributed by atoms with Crippen LogP contribution in [0.1, 0.15) is 49.0 Å². The van der Waals surface area contributed by atoms with Gasteiger partial charge in [0.1, 0.15) is 6.04 Å². The first-order valence-corrected chi connectivity index (χ1v) is 10.2.